The molecule has 13 nitrogen and oxygen atoms in total. The number of nitrogens with one attached hydrogen (secondary N) is 2. The van der Waals surface area contributed by atoms with Crippen LogP contribution in [0.4, 0.5) is 11.4 Å². The highest BCUT2D eigenvalue weighted by Gasteiger charge is 2.38. The van der Waals surface area contributed by atoms with Crippen molar-refractivity contribution in [3.05, 3.63) is 71.4 Å². The summed E-state index contributed by atoms with van der Waals surface area (Å²) in [5, 5.41) is 6.40. The number of aliphatic imine (C=N–C) groups is 1. The van der Waals surface area contributed by atoms with Crippen LogP contribution in [0.25, 0.3) is 12.2 Å². The number of ether oxygens (including phenoxy) is 2. The van der Waals surface area contributed by atoms with E-state index in [1.54, 1.807) is 6.08 Å². The van der Waals surface area contributed by atoms with E-state index < -0.39 is 16.6 Å². The summed E-state index contributed by atoms with van der Waals surface area (Å²) in [6.45, 7) is 28.0. The number of amides is 3. The van der Waals surface area contributed by atoms with Gasteiger partial charge in [0.2, 0.25) is 11.8 Å². The van der Waals surface area contributed by atoms with Crippen LogP contribution < -0.4 is 20.4 Å². The van der Waals surface area contributed by atoms with E-state index in [1.165, 1.54) is 4.90 Å². The first-order valence-corrected chi connectivity index (χ1v) is 32.4. The minimum Gasteiger partial charge on any atom is -0.415 e. The molecule has 1 aliphatic heterocycles. The molecule has 0 spiro atoms. The number of alkyl halides is 1. The Hall–Kier alpha value is -3.84. The number of rotatable bonds is 29. The molecule has 2 aromatic rings. The van der Waals surface area contributed by atoms with Gasteiger partial charge in [0, 0.05) is 69.6 Å². The molecule has 4 rings (SSSR count). The van der Waals surface area contributed by atoms with Crippen molar-refractivity contribution in [2.75, 3.05) is 95.6 Å². The summed E-state index contributed by atoms with van der Waals surface area (Å²) in [4.78, 5) is 51.3. The summed E-state index contributed by atoms with van der Waals surface area (Å²) in [7, 11) is 0.108. The normalized spacial score (nSPS) is 17.5. The fourth-order valence-corrected chi connectivity index (χ4v) is 10.0. The van der Waals surface area contributed by atoms with Crippen molar-refractivity contribution in [1.82, 2.24) is 15.5 Å². The van der Waals surface area contributed by atoms with Gasteiger partial charge in [-0.15, -0.1) is 11.6 Å². The fourth-order valence-electron chi connectivity index (χ4n) is 7.75. The molecular weight excluding hydrogens is 948 g/mol. The molecule has 396 valence electrons. The van der Waals surface area contributed by atoms with Gasteiger partial charge in [0.25, 0.3) is 5.91 Å². The van der Waals surface area contributed by atoms with Crippen LogP contribution in [-0.2, 0) is 32.7 Å². The molecule has 0 saturated heterocycles. The van der Waals surface area contributed by atoms with Crippen molar-refractivity contribution in [2.45, 2.75) is 135 Å². The maximum absolute atomic E-state index is 14.0. The van der Waals surface area contributed by atoms with E-state index in [0.29, 0.717) is 77.0 Å². The van der Waals surface area contributed by atoms with E-state index in [4.69, 9.17) is 34.9 Å². The van der Waals surface area contributed by atoms with Gasteiger partial charge in [-0.05, 0) is 122 Å². The van der Waals surface area contributed by atoms with Gasteiger partial charge < -0.3 is 38.8 Å². The van der Waals surface area contributed by atoms with Crippen LogP contribution in [0, 0.1) is 5.92 Å². The Labute approximate surface area is 434 Å². The summed E-state index contributed by atoms with van der Waals surface area (Å²) in [5.41, 5.74) is 4.14. The highest BCUT2D eigenvalue weighted by Crippen LogP contribution is 2.38. The van der Waals surface area contributed by atoms with Crippen molar-refractivity contribution in [3.63, 3.8) is 0 Å². The van der Waals surface area contributed by atoms with E-state index in [9.17, 15) is 14.4 Å². The lowest BCUT2D eigenvalue weighted by atomic mass is 9.85. The number of amidine groups is 1. The molecule has 1 aliphatic carbocycles. The minimum absolute atomic E-state index is 0.0166. The van der Waals surface area contributed by atoms with E-state index in [-0.39, 0.29) is 52.0 Å². The smallest absolute Gasteiger partial charge is 0.278 e. The van der Waals surface area contributed by atoms with Crippen molar-refractivity contribution in [3.8, 4) is 0 Å². The van der Waals surface area contributed by atoms with Gasteiger partial charge in [-0.1, -0.05) is 84.7 Å². The van der Waals surface area contributed by atoms with E-state index in [1.807, 2.05) is 55.4 Å². The van der Waals surface area contributed by atoms with E-state index >= 15 is 0 Å². The largest absolute Gasteiger partial charge is 0.415 e. The number of anilines is 2. The summed E-state index contributed by atoms with van der Waals surface area (Å²) in [6.07, 6.45) is 12.5. The maximum atomic E-state index is 14.0. The molecule has 1 heterocycles. The Morgan fingerprint density at radius 2 is 1.28 bits per heavy atom. The first-order valence-electron chi connectivity index (χ1n) is 26.0. The number of carbonyl (C=O) groups excluding carboxylic acids is 3. The lowest BCUT2D eigenvalue weighted by Gasteiger charge is -2.38. The molecule has 16 heteroatoms. The number of carbonyl (C=O) groups is 3. The Balaban J connectivity index is 1.38. The topological polar surface area (TPSA) is 134 Å². The SMILES string of the molecule is CN(C)c1ccc(/C=C2N=C(/C=C/c3ccc(N(CCO[Si](C)(C)C(C)(C)C)CCO[Si](C)(C)C(C)(C)C)cc3)N(CC(=O)NC3CCC(C(=O)NCCOCCOCCCCCCCl)CC3)C\2=O)cc1. The number of nitrogens with zero attached hydrogens (tertiary/aromatic N) is 4. The van der Waals surface area contributed by atoms with Gasteiger partial charge in [0.15, 0.2) is 16.6 Å². The standard InChI is InChI=1S/C55H89ClN6O7Si2/c1-54(2,3)70(9,10)68-37-33-61(34-38-69-71(11,12)55(4,5)6)48-28-17-43(18-29-48)21-30-50-59-49(41-44-19-26-47(27-20-44)60(7)8)53(65)62(50)42-51(63)58-46-24-22-45(23-25-46)52(64)57-32-36-67-40-39-66-35-16-14-13-15-31-56/h17-21,26-30,41,45-46H,13-16,22-25,31-40,42H2,1-12H3,(H,57,64)(H,58,63)/b30-21+,49-41-. The van der Waals surface area contributed by atoms with Crippen LogP contribution >= 0.6 is 11.6 Å². The number of hydrogen-bond acceptors (Lipinski definition) is 10. The molecule has 0 atom stereocenters. The lowest BCUT2D eigenvalue weighted by molar-refractivity contribution is -0.129. The predicted octanol–water partition coefficient (Wildman–Crippen LogP) is 10.5. The molecule has 0 unspecified atom stereocenters. The van der Waals surface area contributed by atoms with Crippen molar-refractivity contribution in [2.24, 2.45) is 10.9 Å². The van der Waals surface area contributed by atoms with Crippen LogP contribution in [0.3, 0.4) is 0 Å². The predicted molar refractivity (Wildman–Crippen MR) is 300 cm³/mol. The van der Waals surface area contributed by atoms with E-state index in [2.05, 4.69) is 108 Å². The number of hydrogen-bond donors (Lipinski definition) is 2. The molecule has 0 aromatic heterocycles. The number of unbranched alkanes of at least 4 members (excludes halogenated alkanes) is 3. The maximum Gasteiger partial charge on any atom is 0.278 e. The van der Waals surface area contributed by atoms with Gasteiger partial charge in [0.1, 0.15) is 18.1 Å². The second-order valence-corrected chi connectivity index (χ2v) is 32.2. The second-order valence-electron chi connectivity index (χ2n) is 22.2. The zero-order chi connectivity index (χ0) is 52.2. The zero-order valence-corrected chi connectivity index (χ0v) is 48.2. The molecule has 2 N–H and O–H groups in total. The van der Waals surface area contributed by atoms with Crippen molar-refractivity contribution in [1.29, 1.82) is 0 Å². The molecule has 2 aliphatic rings. The van der Waals surface area contributed by atoms with Crippen molar-refractivity contribution >= 4 is 75.3 Å². The van der Waals surface area contributed by atoms with Gasteiger partial charge in [0.05, 0.1) is 33.0 Å². The van der Waals surface area contributed by atoms with Crippen LogP contribution in [0.15, 0.2) is 65.3 Å². The van der Waals surface area contributed by atoms with Crippen LogP contribution in [-0.4, -0.2) is 137 Å². The van der Waals surface area contributed by atoms with Crippen molar-refractivity contribution < 1.29 is 32.7 Å². The Morgan fingerprint density at radius 3 is 1.85 bits per heavy atom. The summed E-state index contributed by atoms with van der Waals surface area (Å²) in [6, 6.07) is 16.2. The molecule has 0 bridgehead atoms. The van der Waals surface area contributed by atoms with Gasteiger partial charge in [-0.3, -0.25) is 19.3 Å². The zero-order valence-electron chi connectivity index (χ0n) is 45.5. The first-order chi connectivity index (χ1) is 33.5. The molecule has 71 heavy (non-hydrogen) atoms. The monoisotopic (exact) mass is 1040 g/mol. The third-order valence-corrected chi connectivity index (χ3v) is 23.8. The Kier molecular flexibility index (Phi) is 24.0. The fraction of sp³-hybridized carbons (Fsp3) is 0.636. The molecule has 1 fully saturated rings. The van der Waals surface area contributed by atoms with Crippen LogP contribution in [0.1, 0.15) is 104 Å². The third kappa shape index (κ3) is 19.8. The van der Waals surface area contributed by atoms with Gasteiger partial charge >= 0.3 is 0 Å². The Bertz CT molecular complexity index is 2030. The molecule has 0 radical (unpaired) electrons. The average molecular weight is 1040 g/mol. The highest BCUT2D eigenvalue weighted by atomic mass is 35.5. The second kappa shape index (κ2) is 28.6. The average Bonchev–Trinajstić information content (AvgIpc) is 3.59. The molecule has 2 aromatic carbocycles. The lowest BCUT2D eigenvalue weighted by Crippen LogP contribution is -2.46. The molecule has 1 saturated carbocycles. The minimum atomic E-state index is -1.93. The summed E-state index contributed by atoms with van der Waals surface area (Å²) < 4.78 is 24.5. The third-order valence-electron chi connectivity index (χ3n) is 14.5. The van der Waals surface area contributed by atoms with E-state index in [0.717, 1.165) is 67.9 Å². The molecular formula is C55H89ClN6O7Si2. The number of halogens is 1. The highest BCUT2D eigenvalue weighted by molar-refractivity contribution is 6.74. The first kappa shape index (κ1) is 59.7. The quantitative estimate of drug-likeness (QED) is 0.0353. The van der Waals surface area contributed by atoms with Crippen LogP contribution in [0.2, 0.25) is 36.3 Å². The summed E-state index contributed by atoms with van der Waals surface area (Å²) >= 11 is 5.72. The summed E-state index contributed by atoms with van der Waals surface area (Å²) in [5.74, 6) is 0.394. The van der Waals surface area contributed by atoms with Gasteiger partial charge in [-0.25, -0.2) is 4.99 Å². The molecule has 3 amide bonds. The van der Waals surface area contributed by atoms with Gasteiger partial charge in [-0.2, -0.15) is 0 Å². The number of benzene rings is 2. The Morgan fingerprint density at radius 1 is 0.732 bits per heavy atom. The van der Waals surface area contributed by atoms with Crippen LogP contribution in [0.5, 0.6) is 0 Å².